The molecule has 0 bridgehead atoms. The Bertz CT molecular complexity index is 511. The number of carbonyl (C=O) groups is 1. The van der Waals surface area contributed by atoms with Crippen molar-refractivity contribution in [1.82, 2.24) is 15.6 Å². The average molecular weight is 293 g/mol. The van der Waals surface area contributed by atoms with Crippen molar-refractivity contribution in [3.8, 4) is 0 Å². The molecule has 2 aromatic rings. The van der Waals surface area contributed by atoms with Gasteiger partial charge < -0.3 is 9.73 Å². The fourth-order valence-corrected chi connectivity index (χ4v) is 2.67. The summed E-state index contributed by atoms with van der Waals surface area (Å²) in [5.41, 5.74) is 0. The molecule has 2 aromatic heterocycles. The second-order valence-electron chi connectivity index (χ2n) is 4.52. The van der Waals surface area contributed by atoms with Gasteiger partial charge in [0, 0.05) is 11.6 Å². The van der Waals surface area contributed by atoms with Crippen LogP contribution in [0.3, 0.4) is 0 Å². The first-order valence-corrected chi connectivity index (χ1v) is 7.54. The van der Waals surface area contributed by atoms with E-state index in [2.05, 4.69) is 22.5 Å². The summed E-state index contributed by atoms with van der Waals surface area (Å²) in [5.74, 6) is 0.703. The Labute approximate surface area is 122 Å². The van der Waals surface area contributed by atoms with Crippen molar-refractivity contribution in [3.05, 3.63) is 40.7 Å². The predicted molar refractivity (Wildman–Crippen MR) is 78.3 cm³/mol. The summed E-state index contributed by atoms with van der Waals surface area (Å²) >= 11 is 1.60. The van der Waals surface area contributed by atoms with E-state index in [9.17, 15) is 4.79 Å². The maximum absolute atomic E-state index is 12.0. The van der Waals surface area contributed by atoms with Crippen LogP contribution in [-0.2, 0) is 11.3 Å². The fraction of sp³-hybridized carbons (Fsp3) is 0.429. The van der Waals surface area contributed by atoms with Crippen LogP contribution in [0, 0.1) is 0 Å². The summed E-state index contributed by atoms with van der Waals surface area (Å²) in [6.07, 6.45) is 4.27. The number of rotatable bonds is 7. The van der Waals surface area contributed by atoms with Crippen LogP contribution in [0.4, 0.5) is 0 Å². The maximum Gasteiger partial charge on any atom is 0.237 e. The monoisotopic (exact) mass is 293 g/mol. The predicted octanol–water partition coefficient (Wildman–Crippen LogP) is 2.48. The van der Waals surface area contributed by atoms with Crippen molar-refractivity contribution in [2.45, 2.75) is 38.9 Å². The Balaban J connectivity index is 1.83. The van der Waals surface area contributed by atoms with Crippen molar-refractivity contribution in [2.24, 2.45) is 0 Å². The van der Waals surface area contributed by atoms with E-state index in [4.69, 9.17) is 4.42 Å². The van der Waals surface area contributed by atoms with E-state index in [1.54, 1.807) is 29.9 Å². The number of hydrogen-bond acceptors (Lipinski definition) is 5. The van der Waals surface area contributed by atoms with Crippen molar-refractivity contribution < 1.29 is 9.21 Å². The highest BCUT2D eigenvalue weighted by Crippen LogP contribution is 2.19. The van der Waals surface area contributed by atoms with Crippen LogP contribution in [0.15, 0.2) is 34.4 Å². The highest BCUT2D eigenvalue weighted by Gasteiger charge is 2.19. The van der Waals surface area contributed by atoms with E-state index in [1.807, 2.05) is 18.4 Å². The van der Waals surface area contributed by atoms with E-state index in [0.29, 0.717) is 6.54 Å². The van der Waals surface area contributed by atoms with Gasteiger partial charge in [-0.25, -0.2) is 4.98 Å². The molecule has 0 spiro atoms. The van der Waals surface area contributed by atoms with Crippen molar-refractivity contribution in [1.29, 1.82) is 0 Å². The fourth-order valence-electron chi connectivity index (χ4n) is 1.89. The zero-order valence-corrected chi connectivity index (χ0v) is 12.4. The average Bonchev–Trinajstić information content (AvgIpc) is 3.14. The molecule has 0 aliphatic carbocycles. The number of carbonyl (C=O) groups excluding carboxylic acids is 1. The van der Waals surface area contributed by atoms with Gasteiger partial charge in [-0.1, -0.05) is 6.92 Å². The second-order valence-corrected chi connectivity index (χ2v) is 5.44. The Morgan fingerprint density at radius 2 is 2.40 bits per heavy atom. The van der Waals surface area contributed by atoms with Crippen LogP contribution in [-0.4, -0.2) is 16.9 Å². The summed E-state index contributed by atoms with van der Waals surface area (Å²) in [6.45, 7) is 4.34. The molecule has 0 saturated carbocycles. The lowest BCUT2D eigenvalue weighted by molar-refractivity contribution is -0.123. The van der Waals surface area contributed by atoms with Gasteiger partial charge >= 0.3 is 0 Å². The van der Waals surface area contributed by atoms with E-state index in [1.165, 1.54) is 0 Å². The van der Waals surface area contributed by atoms with Gasteiger partial charge in [-0.2, -0.15) is 0 Å². The lowest BCUT2D eigenvalue weighted by Gasteiger charge is -2.20. The van der Waals surface area contributed by atoms with E-state index in [0.717, 1.165) is 17.2 Å². The Morgan fingerprint density at radius 1 is 1.55 bits per heavy atom. The van der Waals surface area contributed by atoms with Crippen LogP contribution in [0.1, 0.15) is 37.1 Å². The number of aromatic nitrogens is 1. The Kier molecular flexibility index (Phi) is 5.31. The molecule has 6 heteroatoms. The van der Waals surface area contributed by atoms with Crippen molar-refractivity contribution in [2.75, 3.05) is 0 Å². The van der Waals surface area contributed by atoms with Crippen LogP contribution < -0.4 is 10.6 Å². The van der Waals surface area contributed by atoms with Crippen LogP contribution in [0.2, 0.25) is 0 Å². The molecule has 0 radical (unpaired) electrons. The third-order valence-electron chi connectivity index (χ3n) is 3.02. The molecule has 0 aliphatic heterocycles. The lowest BCUT2D eigenvalue weighted by Crippen LogP contribution is -2.43. The molecule has 0 fully saturated rings. The van der Waals surface area contributed by atoms with Gasteiger partial charge in [0.15, 0.2) is 0 Å². The van der Waals surface area contributed by atoms with Gasteiger partial charge in [0.1, 0.15) is 10.8 Å². The molecule has 2 unspecified atom stereocenters. The molecular formula is C14H19N3O2S. The molecule has 1 amide bonds. The third kappa shape index (κ3) is 3.91. The summed E-state index contributed by atoms with van der Waals surface area (Å²) in [5, 5.41) is 9.11. The molecule has 2 atom stereocenters. The number of hydrogen-bond donors (Lipinski definition) is 2. The smallest absolute Gasteiger partial charge is 0.237 e. The Hall–Kier alpha value is -1.66. The molecule has 2 heterocycles. The van der Waals surface area contributed by atoms with Crippen molar-refractivity contribution in [3.63, 3.8) is 0 Å². The van der Waals surface area contributed by atoms with Gasteiger partial charge in [0.25, 0.3) is 0 Å². The summed E-state index contributed by atoms with van der Waals surface area (Å²) in [6, 6.07) is 3.47. The van der Waals surface area contributed by atoms with Gasteiger partial charge in [-0.15, -0.1) is 11.3 Å². The molecule has 2 N–H and O–H groups in total. The minimum Gasteiger partial charge on any atom is -0.467 e. The normalized spacial score (nSPS) is 13.9. The van der Waals surface area contributed by atoms with Crippen LogP contribution >= 0.6 is 11.3 Å². The molecule has 2 rings (SSSR count). The number of nitrogens with zero attached hydrogens (tertiary/aromatic N) is 1. The first-order chi connectivity index (χ1) is 9.70. The largest absolute Gasteiger partial charge is 0.467 e. The van der Waals surface area contributed by atoms with E-state index >= 15 is 0 Å². The van der Waals surface area contributed by atoms with Gasteiger partial charge in [0.2, 0.25) is 5.91 Å². The molecular weight excluding hydrogens is 274 g/mol. The van der Waals surface area contributed by atoms with Gasteiger partial charge in [-0.05, 0) is 25.5 Å². The first-order valence-electron chi connectivity index (χ1n) is 6.66. The number of thiazole rings is 1. The molecule has 20 heavy (non-hydrogen) atoms. The molecule has 108 valence electrons. The topological polar surface area (TPSA) is 67.2 Å². The van der Waals surface area contributed by atoms with Gasteiger partial charge in [0.05, 0.1) is 24.9 Å². The van der Waals surface area contributed by atoms with Gasteiger partial charge in [-0.3, -0.25) is 10.1 Å². The standard InChI is InChI=1S/C14H19N3O2S/c1-3-12(14-15-6-8-20-14)17-10(2)13(18)16-9-11-5-4-7-19-11/h4-8,10,12,17H,3,9H2,1-2H3,(H,16,18). The molecule has 0 saturated heterocycles. The summed E-state index contributed by atoms with van der Waals surface area (Å²) in [7, 11) is 0. The van der Waals surface area contributed by atoms with Crippen LogP contribution in [0.5, 0.6) is 0 Å². The first kappa shape index (κ1) is 14.7. The second kappa shape index (κ2) is 7.21. The van der Waals surface area contributed by atoms with E-state index < -0.39 is 0 Å². The Morgan fingerprint density at radius 3 is 3.00 bits per heavy atom. The number of nitrogens with one attached hydrogen (secondary N) is 2. The quantitative estimate of drug-likeness (QED) is 0.823. The maximum atomic E-state index is 12.0. The SMILES string of the molecule is CCC(NC(C)C(=O)NCc1ccco1)c1nccs1. The number of amides is 1. The zero-order chi connectivity index (χ0) is 14.4. The molecule has 5 nitrogen and oxygen atoms in total. The minimum absolute atomic E-state index is 0.0450. The third-order valence-corrected chi connectivity index (χ3v) is 3.91. The lowest BCUT2D eigenvalue weighted by atomic mass is 10.2. The van der Waals surface area contributed by atoms with E-state index in [-0.39, 0.29) is 18.0 Å². The zero-order valence-electron chi connectivity index (χ0n) is 11.6. The molecule has 0 aromatic carbocycles. The number of furan rings is 1. The molecule has 0 aliphatic rings. The summed E-state index contributed by atoms with van der Waals surface area (Å²) < 4.78 is 5.18. The van der Waals surface area contributed by atoms with Crippen molar-refractivity contribution >= 4 is 17.2 Å². The summed E-state index contributed by atoms with van der Waals surface area (Å²) in [4.78, 5) is 16.3. The van der Waals surface area contributed by atoms with Crippen LogP contribution in [0.25, 0.3) is 0 Å². The highest BCUT2D eigenvalue weighted by molar-refractivity contribution is 7.09. The minimum atomic E-state index is -0.279. The highest BCUT2D eigenvalue weighted by atomic mass is 32.1.